The van der Waals surface area contributed by atoms with Gasteiger partial charge in [0.25, 0.3) is 0 Å². The number of esters is 2. The number of unbranched alkanes of at least 4 members (excludes halogenated alkanes) is 1. The molecule has 0 amide bonds. The van der Waals surface area contributed by atoms with Gasteiger partial charge in [-0.2, -0.15) is 0 Å². The largest absolute Gasteiger partial charge is 0.465 e. The van der Waals surface area contributed by atoms with Gasteiger partial charge >= 0.3 is 11.9 Å². The zero-order chi connectivity index (χ0) is 17.1. The molecule has 0 bridgehead atoms. The summed E-state index contributed by atoms with van der Waals surface area (Å²) < 4.78 is 10.5. The molecule has 5 nitrogen and oxygen atoms in total. The molecule has 0 aliphatic heterocycles. The summed E-state index contributed by atoms with van der Waals surface area (Å²) in [5.74, 6) is -1.04. The number of hydrogen-bond acceptors (Lipinski definition) is 5. The second kappa shape index (κ2) is 11.4. The number of hydrogen-bond donors (Lipinski definition) is 1. The SMILES string of the molecule is CCCCC(CC)COC(=O)C1CCCCC1C(=O)OCCO. The van der Waals surface area contributed by atoms with Crippen LogP contribution in [0.5, 0.6) is 0 Å². The summed E-state index contributed by atoms with van der Waals surface area (Å²) in [5, 5.41) is 8.76. The van der Waals surface area contributed by atoms with E-state index in [1.807, 2.05) is 0 Å². The Morgan fingerprint density at radius 2 is 1.70 bits per heavy atom. The Morgan fingerprint density at radius 1 is 1.09 bits per heavy atom. The van der Waals surface area contributed by atoms with E-state index in [-0.39, 0.29) is 25.2 Å². The third-order valence-electron chi connectivity index (χ3n) is 4.71. The summed E-state index contributed by atoms with van der Waals surface area (Å²) in [4.78, 5) is 24.5. The van der Waals surface area contributed by atoms with Crippen LogP contribution in [0.3, 0.4) is 0 Å². The fourth-order valence-electron chi connectivity index (χ4n) is 3.15. The lowest BCUT2D eigenvalue weighted by Crippen LogP contribution is -2.36. The Labute approximate surface area is 139 Å². The van der Waals surface area contributed by atoms with Crippen molar-refractivity contribution >= 4 is 11.9 Å². The molecule has 1 saturated carbocycles. The molecule has 23 heavy (non-hydrogen) atoms. The maximum Gasteiger partial charge on any atom is 0.309 e. The van der Waals surface area contributed by atoms with E-state index in [0.29, 0.717) is 25.4 Å². The number of ether oxygens (including phenoxy) is 2. The van der Waals surface area contributed by atoms with Crippen molar-refractivity contribution in [2.24, 2.45) is 17.8 Å². The minimum Gasteiger partial charge on any atom is -0.465 e. The van der Waals surface area contributed by atoms with E-state index in [9.17, 15) is 9.59 Å². The van der Waals surface area contributed by atoms with Gasteiger partial charge in [0.2, 0.25) is 0 Å². The van der Waals surface area contributed by atoms with Crippen molar-refractivity contribution in [2.45, 2.75) is 65.2 Å². The van der Waals surface area contributed by atoms with E-state index in [0.717, 1.165) is 38.5 Å². The summed E-state index contributed by atoms with van der Waals surface area (Å²) >= 11 is 0. The van der Waals surface area contributed by atoms with Crippen LogP contribution >= 0.6 is 0 Å². The average Bonchev–Trinajstić information content (AvgIpc) is 2.59. The van der Waals surface area contributed by atoms with E-state index in [1.165, 1.54) is 0 Å². The van der Waals surface area contributed by atoms with E-state index in [1.54, 1.807) is 0 Å². The first-order chi connectivity index (χ1) is 11.1. The summed E-state index contributed by atoms with van der Waals surface area (Å²) in [6.07, 6.45) is 7.59. The van der Waals surface area contributed by atoms with Crippen LogP contribution in [0.1, 0.15) is 65.2 Å². The van der Waals surface area contributed by atoms with Gasteiger partial charge < -0.3 is 14.6 Å². The lowest BCUT2D eigenvalue weighted by atomic mass is 9.79. The standard InChI is InChI=1S/C18H32O5/c1-3-5-8-14(4-2)13-23-18(21)16-10-7-6-9-15(16)17(20)22-12-11-19/h14-16,19H,3-13H2,1-2H3. The molecule has 134 valence electrons. The molecule has 0 aromatic rings. The lowest BCUT2D eigenvalue weighted by Gasteiger charge is -2.28. The van der Waals surface area contributed by atoms with Crippen molar-refractivity contribution in [1.29, 1.82) is 0 Å². The molecule has 1 aliphatic rings. The molecule has 0 heterocycles. The van der Waals surface area contributed by atoms with Gasteiger partial charge in [0.1, 0.15) is 6.61 Å². The van der Waals surface area contributed by atoms with Crippen LogP contribution in [0, 0.1) is 17.8 Å². The van der Waals surface area contributed by atoms with Gasteiger partial charge in [-0.1, -0.05) is 46.0 Å². The normalized spacial score (nSPS) is 22.4. The summed E-state index contributed by atoms with van der Waals surface area (Å²) in [6.45, 7) is 4.52. The second-order valence-corrected chi connectivity index (χ2v) is 6.44. The average molecular weight is 328 g/mol. The Kier molecular flexibility index (Phi) is 9.92. The summed E-state index contributed by atoms with van der Waals surface area (Å²) in [6, 6.07) is 0. The molecule has 1 aliphatic carbocycles. The van der Waals surface area contributed by atoms with Crippen LogP contribution in [0.4, 0.5) is 0 Å². The van der Waals surface area contributed by atoms with Gasteiger partial charge in [-0.3, -0.25) is 9.59 Å². The molecule has 0 aromatic heterocycles. The Morgan fingerprint density at radius 3 is 2.22 bits per heavy atom. The molecule has 1 N–H and O–H groups in total. The van der Waals surface area contributed by atoms with Crippen molar-refractivity contribution in [2.75, 3.05) is 19.8 Å². The van der Waals surface area contributed by atoms with Gasteiger partial charge in [0.05, 0.1) is 25.0 Å². The van der Waals surface area contributed by atoms with E-state index < -0.39 is 11.8 Å². The quantitative estimate of drug-likeness (QED) is 0.624. The molecule has 0 spiro atoms. The van der Waals surface area contributed by atoms with Crippen molar-refractivity contribution in [3.8, 4) is 0 Å². The fourth-order valence-corrected chi connectivity index (χ4v) is 3.15. The van der Waals surface area contributed by atoms with E-state index in [2.05, 4.69) is 13.8 Å². The Bertz CT molecular complexity index is 355. The zero-order valence-electron chi connectivity index (χ0n) is 14.6. The minimum absolute atomic E-state index is 0.00791. The van der Waals surface area contributed by atoms with Crippen LogP contribution in [-0.2, 0) is 19.1 Å². The van der Waals surface area contributed by atoms with Crippen LogP contribution in [0.25, 0.3) is 0 Å². The monoisotopic (exact) mass is 328 g/mol. The molecular weight excluding hydrogens is 296 g/mol. The van der Waals surface area contributed by atoms with Gasteiger partial charge in [-0.15, -0.1) is 0 Å². The van der Waals surface area contributed by atoms with Crippen molar-refractivity contribution in [3.05, 3.63) is 0 Å². The highest BCUT2D eigenvalue weighted by Crippen LogP contribution is 2.32. The number of carbonyl (C=O) groups is 2. The van der Waals surface area contributed by atoms with Crippen LogP contribution in [-0.4, -0.2) is 36.9 Å². The third-order valence-corrected chi connectivity index (χ3v) is 4.71. The van der Waals surface area contributed by atoms with Crippen LogP contribution < -0.4 is 0 Å². The minimum atomic E-state index is -0.418. The van der Waals surface area contributed by atoms with E-state index in [4.69, 9.17) is 14.6 Å². The number of rotatable bonds is 10. The van der Waals surface area contributed by atoms with Crippen LogP contribution in [0.2, 0.25) is 0 Å². The topological polar surface area (TPSA) is 72.8 Å². The predicted octanol–water partition coefficient (Wildman–Crippen LogP) is 3.09. The number of aliphatic hydroxyl groups excluding tert-OH is 1. The molecule has 1 rings (SSSR count). The molecule has 3 atom stereocenters. The van der Waals surface area contributed by atoms with Gasteiger partial charge in [0, 0.05) is 0 Å². The molecule has 3 unspecified atom stereocenters. The molecule has 0 saturated heterocycles. The Hall–Kier alpha value is -1.10. The Balaban J connectivity index is 2.51. The molecule has 5 heteroatoms. The summed E-state index contributed by atoms with van der Waals surface area (Å²) in [7, 11) is 0. The highest BCUT2D eigenvalue weighted by molar-refractivity contribution is 5.82. The smallest absolute Gasteiger partial charge is 0.309 e. The van der Waals surface area contributed by atoms with E-state index >= 15 is 0 Å². The summed E-state index contributed by atoms with van der Waals surface area (Å²) in [5.41, 5.74) is 0. The maximum absolute atomic E-state index is 12.4. The highest BCUT2D eigenvalue weighted by Gasteiger charge is 2.38. The zero-order valence-corrected chi connectivity index (χ0v) is 14.6. The van der Waals surface area contributed by atoms with Crippen molar-refractivity contribution < 1.29 is 24.2 Å². The first-order valence-corrected chi connectivity index (χ1v) is 9.08. The molecule has 0 radical (unpaired) electrons. The molecule has 0 aromatic carbocycles. The fraction of sp³-hybridized carbons (Fsp3) is 0.889. The highest BCUT2D eigenvalue weighted by atomic mass is 16.5. The molecular formula is C18H32O5. The predicted molar refractivity (Wildman–Crippen MR) is 87.8 cm³/mol. The van der Waals surface area contributed by atoms with Crippen LogP contribution in [0.15, 0.2) is 0 Å². The van der Waals surface area contributed by atoms with Gasteiger partial charge in [0.15, 0.2) is 0 Å². The number of carbonyl (C=O) groups excluding carboxylic acids is 2. The lowest BCUT2D eigenvalue weighted by molar-refractivity contribution is -0.164. The van der Waals surface area contributed by atoms with Crippen molar-refractivity contribution in [3.63, 3.8) is 0 Å². The van der Waals surface area contributed by atoms with Crippen molar-refractivity contribution in [1.82, 2.24) is 0 Å². The first kappa shape index (κ1) is 19.9. The first-order valence-electron chi connectivity index (χ1n) is 9.08. The number of aliphatic hydroxyl groups is 1. The van der Waals surface area contributed by atoms with Gasteiger partial charge in [-0.05, 0) is 25.2 Å². The second-order valence-electron chi connectivity index (χ2n) is 6.44. The third kappa shape index (κ3) is 6.90. The molecule has 1 fully saturated rings. The maximum atomic E-state index is 12.4. The van der Waals surface area contributed by atoms with Gasteiger partial charge in [-0.25, -0.2) is 0 Å².